The first-order valence-corrected chi connectivity index (χ1v) is 28.6. The van der Waals surface area contributed by atoms with E-state index in [0.717, 1.165) is 41.6 Å². The minimum absolute atomic E-state index is 0.170. The lowest BCUT2D eigenvalue weighted by atomic mass is 9.59. The van der Waals surface area contributed by atoms with Gasteiger partial charge in [-0.2, -0.15) is 0 Å². The molecule has 0 spiro atoms. The van der Waals surface area contributed by atoms with Gasteiger partial charge in [-0.3, -0.25) is 0 Å². The zero-order valence-corrected chi connectivity index (χ0v) is 43.1. The van der Waals surface area contributed by atoms with Gasteiger partial charge in [0.25, 0.3) is 0 Å². The molecular weight excluding hydrogens is 912 g/mol. The van der Waals surface area contributed by atoms with Gasteiger partial charge in [0.05, 0.1) is 10.8 Å². The lowest BCUT2D eigenvalue weighted by Gasteiger charge is -2.43. The maximum absolute atomic E-state index is 15.9. The van der Waals surface area contributed by atoms with Crippen LogP contribution in [0.15, 0.2) is 260 Å². The Balaban J connectivity index is 0.996. The Bertz CT molecular complexity index is 3660. The highest BCUT2D eigenvalue weighted by Gasteiger charge is 2.60. The van der Waals surface area contributed by atoms with Gasteiger partial charge in [-0.15, -0.1) is 0 Å². The van der Waals surface area contributed by atoms with Crippen molar-refractivity contribution in [3.8, 4) is 0 Å². The minimum Gasteiger partial charge on any atom is -0.309 e. The lowest BCUT2D eigenvalue weighted by Crippen LogP contribution is -2.38. The molecule has 8 aromatic rings. The molecule has 6 aliphatic rings. The van der Waals surface area contributed by atoms with Crippen molar-refractivity contribution in [1.29, 1.82) is 0 Å². The molecule has 8 aromatic carbocycles. The second-order valence-electron chi connectivity index (χ2n) is 21.7. The van der Waals surface area contributed by atoms with Crippen molar-refractivity contribution in [2.24, 2.45) is 17.8 Å². The summed E-state index contributed by atoms with van der Waals surface area (Å²) in [5.74, 6) is 1.55. The number of allylic oxidation sites excluding steroid dienone is 11. The summed E-state index contributed by atoms with van der Waals surface area (Å²) in [7, 11) is -3.23. The smallest absolute Gasteiger partial charge is 0.171 e. The van der Waals surface area contributed by atoms with Crippen molar-refractivity contribution in [2.75, 3.05) is 0 Å². The number of fused-ring (bicyclic) bond motifs is 2. The molecule has 5 atom stereocenters. The summed E-state index contributed by atoms with van der Waals surface area (Å²) >= 11 is 0. The van der Waals surface area contributed by atoms with Crippen LogP contribution >= 0.6 is 7.14 Å². The Hall–Kier alpha value is -7.57. The molecule has 0 radical (unpaired) electrons. The van der Waals surface area contributed by atoms with Crippen LogP contribution < -0.4 is 15.9 Å². The minimum atomic E-state index is -3.23. The van der Waals surface area contributed by atoms with Gasteiger partial charge in [-0.05, 0) is 135 Å². The fourth-order valence-electron chi connectivity index (χ4n) is 14.9. The van der Waals surface area contributed by atoms with E-state index in [2.05, 4.69) is 202 Å². The Morgan fingerprint density at radius 1 is 0.514 bits per heavy atom. The van der Waals surface area contributed by atoms with Crippen molar-refractivity contribution < 1.29 is 4.57 Å². The first-order chi connectivity index (χ1) is 36.4. The van der Waals surface area contributed by atoms with E-state index in [4.69, 9.17) is 0 Å². The van der Waals surface area contributed by atoms with E-state index in [1.165, 1.54) is 89.1 Å². The van der Waals surface area contributed by atoms with Crippen LogP contribution in [0.25, 0.3) is 11.1 Å². The molecule has 74 heavy (non-hydrogen) atoms. The molecule has 0 bridgehead atoms. The van der Waals surface area contributed by atoms with Gasteiger partial charge < -0.3 is 4.57 Å². The van der Waals surface area contributed by atoms with Crippen molar-refractivity contribution in [1.82, 2.24) is 0 Å². The van der Waals surface area contributed by atoms with E-state index in [-0.39, 0.29) is 11.3 Å². The monoisotopic (exact) mass is 970 g/mol. The van der Waals surface area contributed by atoms with E-state index >= 15 is 4.57 Å². The van der Waals surface area contributed by atoms with E-state index in [9.17, 15) is 0 Å². The van der Waals surface area contributed by atoms with Crippen LogP contribution in [0.2, 0.25) is 0 Å². The summed E-state index contributed by atoms with van der Waals surface area (Å²) in [5, 5.41) is 2.52. The Kier molecular flexibility index (Phi) is 10.7. The molecule has 0 aromatic heterocycles. The van der Waals surface area contributed by atoms with Crippen LogP contribution in [-0.2, 0) is 15.4 Å². The zero-order chi connectivity index (χ0) is 49.6. The van der Waals surface area contributed by atoms with E-state index < -0.39 is 12.6 Å². The van der Waals surface area contributed by atoms with Crippen molar-refractivity contribution >= 4 is 34.2 Å². The van der Waals surface area contributed by atoms with Crippen LogP contribution in [0.5, 0.6) is 0 Å². The summed E-state index contributed by atoms with van der Waals surface area (Å²) < 4.78 is 15.9. The number of benzene rings is 8. The predicted octanol–water partition coefficient (Wildman–Crippen LogP) is 16.0. The molecule has 5 unspecified atom stereocenters. The van der Waals surface area contributed by atoms with Gasteiger partial charge in [0.1, 0.15) is 0 Å². The Morgan fingerprint density at radius 2 is 1.11 bits per heavy atom. The molecule has 0 saturated carbocycles. The maximum atomic E-state index is 15.9. The highest BCUT2D eigenvalue weighted by Crippen LogP contribution is 2.69. The van der Waals surface area contributed by atoms with Crippen LogP contribution in [-0.4, -0.2) is 0 Å². The van der Waals surface area contributed by atoms with Crippen LogP contribution in [0.4, 0.5) is 0 Å². The van der Waals surface area contributed by atoms with Crippen molar-refractivity contribution in [3.05, 3.63) is 327 Å². The molecular formula is C72H59OP. The van der Waals surface area contributed by atoms with Crippen LogP contribution in [0.1, 0.15) is 98.4 Å². The Labute approximate surface area is 437 Å². The summed E-state index contributed by atoms with van der Waals surface area (Å²) in [6.07, 6.45) is 23.4. The molecule has 0 fully saturated rings. The highest BCUT2D eigenvalue weighted by molar-refractivity contribution is 7.85. The molecule has 0 heterocycles. The third-order valence-corrected chi connectivity index (χ3v) is 21.1. The largest absolute Gasteiger partial charge is 0.309 e. The average Bonchev–Trinajstić information content (AvgIpc) is 3.99. The maximum Gasteiger partial charge on any atom is 0.171 e. The molecule has 14 rings (SSSR count). The molecule has 0 saturated heterocycles. The van der Waals surface area contributed by atoms with Gasteiger partial charge in [-0.1, -0.05) is 260 Å². The van der Waals surface area contributed by atoms with Crippen molar-refractivity contribution in [3.63, 3.8) is 0 Å². The first-order valence-electron chi connectivity index (χ1n) is 26.9. The summed E-state index contributed by atoms with van der Waals surface area (Å²) in [5.41, 5.74) is 20.5. The van der Waals surface area contributed by atoms with Gasteiger partial charge in [0.15, 0.2) is 7.14 Å². The third kappa shape index (κ3) is 6.45. The average molecular weight is 971 g/mol. The van der Waals surface area contributed by atoms with E-state index in [1.807, 2.05) is 60.7 Å². The molecule has 358 valence electrons. The SMILES string of the molecule is Cc1ccc(C2(c3ccc(C)cc3)c3cccc4c3C3=C(C=CCC32)C4(c2ccc(C3=C4C=CCCC4C(C4C=CC=CC4)c4ccccc43)cc2)c2ccc(P(=O)(c3ccccc3)c3ccccc3)cc2)cc1. The van der Waals surface area contributed by atoms with E-state index in [1.54, 1.807) is 0 Å². The molecule has 0 amide bonds. The second kappa shape index (κ2) is 17.5. The first kappa shape index (κ1) is 45.1. The second-order valence-corrected chi connectivity index (χ2v) is 24.5. The molecule has 0 aliphatic heterocycles. The summed E-state index contributed by atoms with van der Waals surface area (Å²) in [4.78, 5) is 0. The van der Waals surface area contributed by atoms with Gasteiger partial charge >= 0.3 is 0 Å². The normalized spacial score (nSPS) is 22.7. The number of hydrogen-bond donors (Lipinski definition) is 0. The Morgan fingerprint density at radius 3 is 1.76 bits per heavy atom. The number of aryl methyl sites for hydroxylation is 2. The van der Waals surface area contributed by atoms with Gasteiger partial charge in [-0.25, -0.2) is 0 Å². The number of hydrogen-bond acceptors (Lipinski definition) is 1. The van der Waals surface area contributed by atoms with Crippen LogP contribution in [0.3, 0.4) is 0 Å². The molecule has 0 N–H and O–H groups in total. The topological polar surface area (TPSA) is 17.1 Å². The lowest BCUT2D eigenvalue weighted by molar-refractivity contribution is 0.367. The third-order valence-electron chi connectivity index (χ3n) is 18.0. The predicted molar refractivity (Wildman–Crippen MR) is 308 cm³/mol. The van der Waals surface area contributed by atoms with Gasteiger partial charge in [0, 0.05) is 21.8 Å². The summed E-state index contributed by atoms with van der Waals surface area (Å²) in [6.45, 7) is 4.39. The quantitative estimate of drug-likeness (QED) is 0.132. The zero-order valence-electron chi connectivity index (χ0n) is 42.2. The van der Waals surface area contributed by atoms with Crippen LogP contribution in [0, 0.1) is 31.6 Å². The number of rotatable bonds is 9. The molecule has 6 aliphatic carbocycles. The standard InChI is InChI=1S/C72H59OP/c1-48-32-38-52(39-33-48)71(53-40-34-49(2)35-41-53)63-28-16-30-65-69(63)70-64(71)29-17-31-66(70)72(65,55-44-46-58(47-45-55)74(73,56-20-8-4-9-21-56)57-22-10-5-11-23-57)54-42-36-51(37-43-54)68-61-26-14-12-24-59(61)67(50-18-6-3-7-19-50)60-25-13-15-27-62(60)68/h3-12,14-18,20-24,26-28,30-47,50,60,64,67H,13,19,25,29H2,1-2H3. The van der Waals surface area contributed by atoms with E-state index in [0.29, 0.717) is 17.8 Å². The fraction of sp³-hybridized carbons (Fsp3) is 0.167. The molecule has 2 heteroatoms. The van der Waals surface area contributed by atoms with Gasteiger partial charge in [0.2, 0.25) is 0 Å². The fourth-order valence-corrected chi connectivity index (χ4v) is 17.6. The molecule has 1 nitrogen and oxygen atoms in total. The summed E-state index contributed by atoms with van der Waals surface area (Å²) in [6, 6.07) is 74.2. The van der Waals surface area contributed by atoms with Crippen molar-refractivity contribution in [2.45, 2.75) is 56.3 Å². The highest BCUT2D eigenvalue weighted by atomic mass is 31.2.